The number of hydrogen-bond donors (Lipinski definition) is 3. The van der Waals surface area contributed by atoms with Gasteiger partial charge in [-0.2, -0.15) is 0 Å². The molecule has 0 aliphatic rings. The van der Waals surface area contributed by atoms with E-state index in [0.717, 1.165) is 10.8 Å². The standard InChI is InChI=1S/C10H9BO3/c12-10-4-2-7-1-3-9(11(13)14)5-8(7)6-10/h1-6,12-14H. The predicted octanol–water partition coefficient (Wildman–Crippen LogP) is 0.225. The molecular formula is C10H9BO3. The summed E-state index contributed by atoms with van der Waals surface area (Å²) in [5.74, 6) is 0.169. The van der Waals surface area contributed by atoms with E-state index in [1.807, 2.05) is 0 Å². The van der Waals surface area contributed by atoms with E-state index in [1.165, 1.54) is 0 Å². The second kappa shape index (κ2) is 3.33. The average Bonchev–Trinajstić information content (AvgIpc) is 2.16. The fourth-order valence-electron chi connectivity index (χ4n) is 1.41. The number of fused-ring (bicyclic) bond motifs is 1. The second-order valence-electron chi connectivity index (χ2n) is 3.16. The van der Waals surface area contributed by atoms with Crippen LogP contribution >= 0.6 is 0 Å². The minimum atomic E-state index is -1.47. The van der Waals surface area contributed by atoms with Gasteiger partial charge in [0.1, 0.15) is 5.75 Å². The maximum absolute atomic E-state index is 9.23. The molecule has 0 aliphatic heterocycles. The first-order chi connectivity index (χ1) is 6.66. The van der Waals surface area contributed by atoms with Crippen LogP contribution in [-0.2, 0) is 0 Å². The van der Waals surface area contributed by atoms with Crippen LogP contribution in [0.2, 0.25) is 0 Å². The first kappa shape index (κ1) is 9.06. The van der Waals surface area contributed by atoms with Crippen molar-refractivity contribution in [3.8, 4) is 5.75 Å². The molecule has 14 heavy (non-hydrogen) atoms. The molecule has 0 aromatic heterocycles. The molecule has 2 rings (SSSR count). The molecule has 0 heterocycles. The summed E-state index contributed by atoms with van der Waals surface area (Å²) in [5, 5.41) is 28.9. The first-order valence-electron chi connectivity index (χ1n) is 4.25. The lowest BCUT2D eigenvalue weighted by Crippen LogP contribution is -2.29. The lowest BCUT2D eigenvalue weighted by molar-refractivity contribution is 0.426. The zero-order valence-corrected chi connectivity index (χ0v) is 7.38. The summed E-state index contributed by atoms with van der Waals surface area (Å²) in [6.07, 6.45) is 0. The quantitative estimate of drug-likeness (QED) is 0.561. The summed E-state index contributed by atoms with van der Waals surface area (Å²) in [7, 11) is -1.47. The van der Waals surface area contributed by atoms with E-state index in [0.29, 0.717) is 5.46 Å². The van der Waals surface area contributed by atoms with Gasteiger partial charge in [-0.15, -0.1) is 0 Å². The van der Waals surface area contributed by atoms with E-state index >= 15 is 0 Å². The Bertz CT molecular complexity index is 468. The van der Waals surface area contributed by atoms with Gasteiger partial charge >= 0.3 is 7.12 Å². The Hall–Kier alpha value is -1.52. The highest BCUT2D eigenvalue weighted by Crippen LogP contribution is 2.18. The Kier molecular flexibility index (Phi) is 2.15. The van der Waals surface area contributed by atoms with Gasteiger partial charge in [0.15, 0.2) is 0 Å². The highest BCUT2D eigenvalue weighted by Gasteiger charge is 2.10. The van der Waals surface area contributed by atoms with Gasteiger partial charge in [0.05, 0.1) is 0 Å². The maximum Gasteiger partial charge on any atom is 0.488 e. The van der Waals surface area contributed by atoms with Crippen LogP contribution in [0.15, 0.2) is 36.4 Å². The second-order valence-corrected chi connectivity index (χ2v) is 3.16. The van der Waals surface area contributed by atoms with Crippen LogP contribution in [0.5, 0.6) is 5.75 Å². The molecule has 0 saturated heterocycles. The molecule has 0 fully saturated rings. The summed E-state index contributed by atoms with van der Waals surface area (Å²) in [5.41, 5.74) is 0.420. The van der Waals surface area contributed by atoms with E-state index in [-0.39, 0.29) is 5.75 Å². The molecule has 3 nitrogen and oxygen atoms in total. The average molecular weight is 188 g/mol. The van der Waals surface area contributed by atoms with Gasteiger partial charge in [0.25, 0.3) is 0 Å². The van der Waals surface area contributed by atoms with Crippen molar-refractivity contribution >= 4 is 23.4 Å². The monoisotopic (exact) mass is 188 g/mol. The van der Waals surface area contributed by atoms with Crippen molar-refractivity contribution in [2.24, 2.45) is 0 Å². The zero-order chi connectivity index (χ0) is 10.1. The smallest absolute Gasteiger partial charge is 0.488 e. The van der Waals surface area contributed by atoms with Crippen LogP contribution < -0.4 is 5.46 Å². The van der Waals surface area contributed by atoms with E-state index in [2.05, 4.69) is 0 Å². The van der Waals surface area contributed by atoms with Gasteiger partial charge in [0, 0.05) is 0 Å². The lowest BCUT2D eigenvalue weighted by Gasteiger charge is -2.02. The van der Waals surface area contributed by atoms with Gasteiger partial charge in [0.2, 0.25) is 0 Å². The van der Waals surface area contributed by atoms with E-state index in [1.54, 1.807) is 36.4 Å². The number of aromatic hydroxyl groups is 1. The van der Waals surface area contributed by atoms with Crippen molar-refractivity contribution in [3.05, 3.63) is 36.4 Å². The van der Waals surface area contributed by atoms with Crippen molar-refractivity contribution in [1.29, 1.82) is 0 Å². The van der Waals surface area contributed by atoms with Gasteiger partial charge in [-0.05, 0) is 28.4 Å². The molecule has 3 N–H and O–H groups in total. The molecule has 0 spiro atoms. The Morgan fingerprint density at radius 1 is 0.857 bits per heavy atom. The molecule has 2 aromatic rings. The molecule has 0 radical (unpaired) electrons. The first-order valence-corrected chi connectivity index (χ1v) is 4.25. The molecule has 0 bridgehead atoms. The Morgan fingerprint density at radius 2 is 1.57 bits per heavy atom. The molecule has 4 heteroatoms. The minimum Gasteiger partial charge on any atom is -0.508 e. The summed E-state index contributed by atoms with van der Waals surface area (Å²) in [6, 6.07) is 10.0. The van der Waals surface area contributed by atoms with Crippen LogP contribution in [-0.4, -0.2) is 22.3 Å². The number of rotatable bonds is 1. The normalized spacial score (nSPS) is 10.4. The number of hydrogen-bond acceptors (Lipinski definition) is 3. The number of phenols is 1. The van der Waals surface area contributed by atoms with Crippen LogP contribution in [0.25, 0.3) is 10.8 Å². The SMILES string of the molecule is OB(O)c1ccc2ccc(O)cc2c1. The molecule has 0 saturated carbocycles. The fraction of sp³-hybridized carbons (Fsp3) is 0. The van der Waals surface area contributed by atoms with Crippen molar-refractivity contribution in [2.75, 3.05) is 0 Å². The summed E-state index contributed by atoms with van der Waals surface area (Å²) in [4.78, 5) is 0. The number of phenolic OH excluding ortho intramolecular Hbond substituents is 1. The van der Waals surface area contributed by atoms with Crippen molar-refractivity contribution in [3.63, 3.8) is 0 Å². The Labute approximate surface area is 81.4 Å². The number of benzene rings is 2. The maximum atomic E-state index is 9.23. The predicted molar refractivity (Wildman–Crippen MR) is 55.4 cm³/mol. The van der Waals surface area contributed by atoms with Gasteiger partial charge in [-0.25, -0.2) is 0 Å². The van der Waals surface area contributed by atoms with Crippen LogP contribution in [0.4, 0.5) is 0 Å². The summed E-state index contributed by atoms with van der Waals surface area (Å²) >= 11 is 0. The third kappa shape index (κ3) is 1.57. The third-order valence-electron chi connectivity index (χ3n) is 2.15. The van der Waals surface area contributed by atoms with Crippen LogP contribution in [0.3, 0.4) is 0 Å². The van der Waals surface area contributed by atoms with E-state index in [4.69, 9.17) is 10.0 Å². The summed E-state index contributed by atoms with van der Waals surface area (Å²) < 4.78 is 0. The topological polar surface area (TPSA) is 60.7 Å². The van der Waals surface area contributed by atoms with Crippen LogP contribution in [0, 0.1) is 0 Å². The third-order valence-corrected chi connectivity index (χ3v) is 2.15. The summed E-state index contributed by atoms with van der Waals surface area (Å²) in [6.45, 7) is 0. The zero-order valence-electron chi connectivity index (χ0n) is 7.38. The largest absolute Gasteiger partial charge is 0.508 e. The highest BCUT2D eigenvalue weighted by molar-refractivity contribution is 6.58. The highest BCUT2D eigenvalue weighted by atomic mass is 16.4. The van der Waals surface area contributed by atoms with Gasteiger partial charge in [-0.1, -0.05) is 24.3 Å². The van der Waals surface area contributed by atoms with E-state index in [9.17, 15) is 5.11 Å². The Balaban J connectivity index is 2.63. The molecule has 0 amide bonds. The molecule has 0 unspecified atom stereocenters. The molecule has 70 valence electrons. The van der Waals surface area contributed by atoms with Gasteiger partial charge in [-0.3, -0.25) is 0 Å². The van der Waals surface area contributed by atoms with Crippen LogP contribution in [0.1, 0.15) is 0 Å². The lowest BCUT2D eigenvalue weighted by atomic mass is 9.79. The van der Waals surface area contributed by atoms with E-state index < -0.39 is 7.12 Å². The fourth-order valence-corrected chi connectivity index (χ4v) is 1.41. The van der Waals surface area contributed by atoms with Crippen molar-refractivity contribution in [2.45, 2.75) is 0 Å². The molecule has 2 aromatic carbocycles. The molecular weight excluding hydrogens is 179 g/mol. The van der Waals surface area contributed by atoms with Crippen molar-refractivity contribution in [1.82, 2.24) is 0 Å². The Morgan fingerprint density at radius 3 is 2.29 bits per heavy atom. The molecule has 0 atom stereocenters. The van der Waals surface area contributed by atoms with Gasteiger partial charge < -0.3 is 15.2 Å². The molecule has 0 aliphatic carbocycles. The minimum absolute atomic E-state index is 0.169. The van der Waals surface area contributed by atoms with Crippen molar-refractivity contribution < 1.29 is 15.2 Å².